The van der Waals surface area contributed by atoms with E-state index in [1.54, 1.807) is 19.5 Å². The van der Waals surface area contributed by atoms with Crippen LogP contribution in [0.4, 0.5) is 26.3 Å². The lowest BCUT2D eigenvalue weighted by Crippen LogP contribution is -2.36. The van der Waals surface area contributed by atoms with Crippen molar-refractivity contribution in [1.82, 2.24) is 24.3 Å². The lowest BCUT2D eigenvalue weighted by Gasteiger charge is -2.29. The smallest absolute Gasteiger partial charge is 0.481 e. The summed E-state index contributed by atoms with van der Waals surface area (Å²) in [5, 5.41) is 14.2. The van der Waals surface area contributed by atoms with Crippen molar-refractivity contribution >= 4 is 17.8 Å². The van der Waals surface area contributed by atoms with E-state index in [1.807, 2.05) is 17.0 Å². The summed E-state index contributed by atoms with van der Waals surface area (Å²) in [5.41, 5.74) is 1.80. The number of pyridine rings is 1. The molecule has 0 aromatic carbocycles. The van der Waals surface area contributed by atoms with Crippen molar-refractivity contribution in [2.24, 2.45) is 0 Å². The molecule has 2 aromatic rings. The van der Waals surface area contributed by atoms with E-state index in [0.717, 1.165) is 69.2 Å². The van der Waals surface area contributed by atoms with Crippen LogP contribution in [0.3, 0.4) is 0 Å². The number of ether oxygens (including phenoxy) is 1. The molecule has 17 heteroatoms. The minimum absolute atomic E-state index is 0.124. The van der Waals surface area contributed by atoms with E-state index >= 15 is 0 Å². The number of imidazole rings is 1. The van der Waals surface area contributed by atoms with E-state index < -0.39 is 24.3 Å². The summed E-state index contributed by atoms with van der Waals surface area (Å²) >= 11 is 0. The molecule has 0 spiro atoms. The molecular weight excluding hydrogens is 544 g/mol. The molecule has 2 aromatic heterocycles. The SMILES string of the molecule is COc1ncccc1CN1CCn2c(C(=O)N3CCCC3)cnc2C1.O=C(O)C(F)(F)F.O=C(O)C(F)(F)F. The highest BCUT2D eigenvalue weighted by molar-refractivity contribution is 5.92. The average Bonchev–Trinajstić information content (AvgIpc) is 3.54. The maximum absolute atomic E-state index is 12.7. The molecule has 11 nitrogen and oxygen atoms in total. The lowest BCUT2D eigenvalue weighted by molar-refractivity contribution is -0.193. The molecule has 0 saturated carbocycles. The molecule has 4 heterocycles. The molecule has 0 atom stereocenters. The molecule has 2 N–H and O–H groups in total. The maximum Gasteiger partial charge on any atom is 0.490 e. The van der Waals surface area contributed by atoms with E-state index in [9.17, 15) is 31.1 Å². The molecule has 0 aliphatic carbocycles. The van der Waals surface area contributed by atoms with Crippen LogP contribution >= 0.6 is 0 Å². The number of carbonyl (C=O) groups is 3. The van der Waals surface area contributed by atoms with Crippen LogP contribution in [0, 0.1) is 0 Å². The summed E-state index contributed by atoms with van der Waals surface area (Å²) < 4.78 is 70.9. The van der Waals surface area contributed by atoms with Gasteiger partial charge in [-0.05, 0) is 18.9 Å². The van der Waals surface area contributed by atoms with Gasteiger partial charge < -0.3 is 24.4 Å². The molecule has 39 heavy (non-hydrogen) atoms. The number of rotatable bonds is 4. The monoisotopic (exact) mass is 569 g/mol. The zero-order valence-corrected chi connectivity index (χ0v) is 20.5. The number of fused-ring (bicyclic) bond motifs is 1. The van der Waals surface area contributed by atoms with E-state index in [4.69, 9.17) is 24.5 Å². The van der Waals surface area contributed by atoms with Gasteiger partial charge in [-0.1, -0.05) is 6.07 Å². The van der Waals surface area contributed by atoms with Crippen LogP contribution < -0.4 is 4.74 Å². The Morgan fingerprint density at radius 1 is 0.949 bits per heavy atom. The Hall–Kier alpha value is -3.89. The number of carboxylic acid groups (broad SMARTS) is 2. The van der Waals surface area contributed by atoms with Gasteiger partial charge in [-0.2, -0.15) is 26.3 Å². The van der Waals surface area contributed by atoms with Crippen LogP contribution in [-0.2, 0) is 29.2 Å². The van der Waals surface area contributed by atoms with Gasteiger partial charge in [-0.25, -0.2) is 19.6 Å². The Bertz CT molecular complexity index is 1120. The van der Waals surface area contributed by atoms with Gasteiger partial charge in [0, 0.05) is 44.5 Å². The Kier molecular flexibility index (Phi) is 10.6. The first-order valence-electron chi connectivity index (χ1n) is 11.3. The number of hydrogen-bond acceptors (Lipinski definition) is 7. The predicted octanol–water partition coefficient (Wildman–Crippen LogP) is 2.81. The number of aromatic nitrogens is 3. The number of aliphatic carboxylic acids is 2. The second kappa shape index (κ2) is 13.3. The zero-order valence-electron chi connectivity index (χ0n) is 20.5. The third kappa shape index (κ3) is 9.12. The van der Waals surface area contributed by atoms with Gasteiger partial charge in [-0.15, -0.1) is 0 Å². The summed E-state index contributed by atoms with van der Waals surface area (Å²) in [6.07, 6.45) is -4.48. The third-order valence-electron chi connectivity index (χ3n) is 5.48. The highest BCUT2D eigenvalue weighted by Crippen LogP contribution is 2.22. The first-order chi connectivity index (χ1) is 18.1. The number of likely N-dealkylation sites (tertiary alicyclic amines) is 1. The number of carboxylic acids is 2. The second-order valence-corrected chi connectivity index (χ2v) is 8.20. The molecule has 1 fully saturated rings. The fourth-order valence-electron chi connectivity index (χ4n) is 3.67. The second-order valence-electron chi connectivity index (χ2n) is 8.20. The normalized spacial score (nSPS) is 15.3. The van der Waals surface area contributed by atoms with E-state index in [-0.39, 0.29) is 5.91 Å². The van der Waals surface area contributed by atoms with Crippen LogP contribution in [0.25, 0.3) is 0 Å². The van der Waals surface area contributed by atoms with Crippen LogP contribution in [0.2, 0.25) is 0 Å². The van der Waals surface area contributed by atoms with E-state index in [0.29, 0.717) is 5.88 Å². The summed E-state index contributed by atoms with van der Waals surface area (Å²) in [6.45, 7) is 4.89. The number of carbonyl (C=O) groups excluding carboxylic acids is 1. The largest absolute Gasteiger partial charge is 0.490 e. The summed E-state index contributed by atoms with van der Waals surface area (Å²) in [5.74, 6) is -3.77. The predicted molar refractivity (Wildman–Crippen MR) is 120 cm³/mol. The van der Waals surface area contributed by atoms with Crippen LogP contribution in [0.1, 0.15) is 34.7 Å². The Morgan fingerprint density at radius 3 is 2.03 bits per heavy atom. The minimum Gasteiger partial charge on any atom is -0.481 e. The highest BCUT2D eigenvalue weighted by Gasteiger charge is 2.39. The van der Waals surface area contributed by atoms with Crippen molar-refractivity contribution in [2.45, 2.75) is 44.8 Å². The summed E-state index contributed by atoms with van der Waals surface area (Å²) in [4.78, 5) is 43.5. The first-order valence-corrected chi connectivity index (χ1v) is 11.3. The Balaban J connectivity index is 0.000000317. The first kappa shape index (κ1) is 31.3. The van der Waals surface area contributed by atoms with Gasteiger partial charge in [0.05, 0.1) is 19.9 Å². The van der Waals surface area contributed by atoms with Gasteiger partial charge in [0.25, 0.3) is 5.91 Å². The fourth-order valence-corrected chi connectivity index (χ4v) is 3.67. The van der Waals surface area contributed by atoms with Gasteiger partial charge in [0.2, 0.25) is 5.88 Å². The number of halogens is 6. The zero-order chi connectivity index (χ0) is 29.4. The molecular formula is C22H25F6N5O6. The highest BCUT2D eigenvalue weighted by atomic mass is 19.4. The maximum atomic E-state index is 12.7. The van der Waals surface area contributed by atoms with Crippen LogP contribution in [-0.4, -0.2) is 91.5 Å². The number of nitrogens with zero attached hydrogens (tertiary/aromatic N) is 5. The quantitative estimate of drug-likeness (QED) is 0.533. The minimum atomic E-state index is -5.08. The molecule has 0 bridgehead atoms. The van der Waals surface area contributed by atoms with Gasteiger partial charge in [0.15, 0.2) is 0 Å². The molecule has 0 radical (unpaired) electrons. The van der Waals surface area contributed by atoms with Crippen LogP contribution in [0.15, 0.2) is 24.5 Å². The molecule has 1 amide bonds. The van der Waals surface area contributed by atoms with Crippen molar-refractivity contribution in [3.63, 3.8) is 0 Å². The average molecular weight is 569 g/mol. The standard InChI is InChI=1S/C18H23N5O2.2C2HF3O2/c1-25-17-14(5-4-6-19-17)12-21-9-10-23-15(11-20-16(23)13-21)18(24)22-7-2-3-8-22;2*3-2(4,5)1(6)7/h4-6,11H,2-3,7-10,12-13H2,1H3;2*(H,6,7). The Labute approximate surface area is 217 Å². The van der Waals surface area contributed by atoms with Gasteiger partial charge >= 0.3 is 24.3 Å². The van der Waals surface area contributed by atoms with Crippen LogP contribution in [0.5, 0.6) is 5.88 Å². The molecule has 2 aliphatic rings. The van der Waals surface area contributed by atoms with Gasteiger partial charge in [0.1, 0.15) is 11.5 Å². The Morgan fingerprint density at radius 2 is 1.51 bits per heavy atom. The number of alkyl halides is 6. The van der Waals surface area contributed by atoms with Gasteiger partial charge in [-0.3, -0.25) is 9.69 Å². The molecule has 0 unspecified atom stereocenters. The van der Waals surface area contributed by atoms with Crippen molar-refractivity contribution < 1.29 is 55.7 Å². The molecule has 1 saturated heterocycles. The topological polar surface area (TPSA) is 138 Å². The number of methoxy groups -OCH3 is 1. The van der Waals surface area contributed by atoms with E-state index in [1.165, 1.54) is 0 Å². The number of hydrogen-bond donors (Lipinski definition) is 2. The van der Waals surface area contributed by atoms with Crippen molar-refractivity contribution in [3.05, 3.63) is 41.6 Å². The van der Waals surface area contributed by atoms with Crippen molar-refractivity contribution in [1.29, 1.82) is 0 Å². The van der Waals surface area contributed by atoms with Crippen molar-refractivity contribution in [2.75, 3.05) is 26.7 Å². The summed E-state index contributed by atoms with van der Waals surface area (Å²) in [6, 6.07) is 3.96. The fraction of sp³-hybridized carbons (Fsp3) is 0.500. The summed E-state index contributed by atoms with van der Waals surface area (Å²) in [7, 11) is 1.64. The number of amides is 1. The molecule has 4 rings (SSSR count). The molecule has 2 aliphatic heterocycles. The molecule has 216 valence electrons. The third-order valence-corrected chi connectivity index (χ3v) is 5.48. The van der Waals surface area contributed by atoms with Crippen molar-refractivity contribution in [3.8, 4) is 5.88 Å². The van der Waals surface area contributed by atoms with E-state index in [2.05, 4.69) is 19.4 Å². The lowest BCUT2D eigenvalue weighted by atomic mass is 10.2.